The highest BCUT2D eigenvalue weighted by molar-refractivity contribution is 5.73. The van der Waals surface area contributed by atoms with Crippen molar-refractivity contribution < 1.29 is 9.13 Å². The fourth-order valence-electron chi connectivity index (χ4n) is 1.69. The monoisotopic (exact) mass is 246 g/mol. The lowest BCUT2D eigenvalue weighted by Gasteiger charge is -2.11. The maximum Gasteiger partial charge on any atom is 0.165 e. The smallest absolute Gasteiger partial charge is 0.165 e. The van der Waals surface area contributed by atoms with Crippen LogP contribution in [0, 0.1) is 12.7 Å². The summed E-state index contributed by atoms with van der Waals surface area (Å²) in [4.78, 5) is 0. The standard InChI is InChI=1S/C14H15FN2O/c1-9-3-6-13(12(16)7-9)17-10-4-5-11(15)14(8-10)18-2/h3-8,17H,16H2,1-2H3. The summed E-state index contributed by atoms with van der Waals surface area (Å²) in [6.07, 6.45) is 0. The highest BCUT2D eigenvalue weighted by atomic mass is 19.1. The van der Waals surface area contributed by atoms with E-state index in [1.165, 1.54) is 13.2 Å². The summed E-state index contributed by atoms with van der Waals surface area (Å²) in [7, 11) is 1.43. The second-order valence-corrected chi connectivity index (χ2v) is 4.07. The quantitative estimate of drug-likeness (QED) is 0.815. The fourth-order valence-corrected chi connectivity index (χ4v) is 1.69. The van der Waals surface area contributed by atoms with Crippen molar-refractivity contribution in [1.82, 2.24) is 0 Å². The van der Waals surface area contributed by atoms with Crippen molar-refractivity contribution in [3.63, 3.8) is 0 Å². The van der Waals surface area contributed by atoms with E-state index < -0.39 is 0 Å². The molecule has 0 saturated heterocycles. The van der Waals surface area contributed by atoms with Gasteiger partial charge in [0.15, 0.2) is 11.6 Å². The van der Waals surface area contributed by atoms with Gasteiger partial charge in [-0.15, -0.1) is 0 Å². The predicted molar refractivity (Wildman–Crippen MR) is 71.8 cm³/mol. The third kappa shape index (κ3) is 2.53. The molecule has 18 heavy (non-hydrogen) atoms. The number of halogens is 1. The molecular formula is C14H15FN2O. The number of aryl methyl sites for hydroxylation is 1. The van der Waals surface area contributed by atoms with E-state index in [0.29, 0.717) is 5.69 Å². The molecule has 3 N–H and O–H groups in total. The molecule has 2 aromatic carbocycles. The maximum atomic E-state index is 13.3. The molecule has 0 atom stereocenters. The number of nitrogens with two attached hydrogens (primary N) is 1. The van der Waals surface area contributed by atoms with Crippen LogP contribution < -0.4 is 15.8 Å². The molecule has 0 fully saturated rings. The lowest BCUT2D eigenvalue weighted by molar-refractivity contribution is 0.387. The summed E-state index contributed by atoms with van der Waals surface area (Å²) in [5.41, 5.74) is 9.16. The molecule has 0 spiro atoms. The van der Waals surface area contributed by atoms with Crippen LogP contribution in [0.1, 0.15) is 5.56 Å². The second kappa shape index (κ2) is 4.96. The summed E-state index contributed by atoms with van der Waals surface area (Å²) in [5.74, 6) is -0.189. The number of anilines is 3. The predicted octanol–water partition coefficient (Wildman–Crippen LogP) is 3.47. The number of nitrogen functional groups attached to an aromatic ring is 1. The summed E-state index contributed by atoms with van der Waals surface area (Å²) in [5, 5.41) is 3.13. The molecule has 3 nitrogen and oxygen atoms in total. The number of rotatable bonds is 3. The van der Waals surface area contributed by atoms with Crippen LogP contribution in [-0.4, -0.2) is 7.11 Å². The third-order valence-corrected chi connectivity index (χ3v) is 2.64. The number of benzene rings is 2. The largest absolute Gasteiger partial charge is 0.494 e. The van der Waals surface area contributed by atoms with E-state index in [0.717, 1.165) is 16.9 Å². The van der Waals surface area contributed by atoms with Gasteiger partial charge < -0.3 is 15.8 Å². The zero-order valence-corrected chi connectivity index (χ0v) is 10.3. The molecule has 0 aliphatic heterocycles. The van der Waals surface area contributed by atoms with Gasteiger partial charge in [0.05, 0.1) is 18.5 Å². The van der Waals surface area contributed by atoms with Crippen molar-refractivity contribution in [3.05, 3.63) is 47.8 Å². The van der Waals surface area contributed by atoms with Gasteiger partial charge in [-0.25, -0.2) is 4.39 Å². The van der Waals surface area contributed by atoms with Crippen LogP contribution in [-0.2, 0) is 0 Å². The van der Waals surface area contributed by atoms with E-state index in [1.54, 1.807) is 12.1 Å². The third-order valence-electron chi connectivity index (χ3n) is 2.64. The molecule has 0 aliphatic carbocycles. The average Bonchev–Trinajstić information content (AvgIpc) is 2.35. The summed E-state index contributed by atoms with van der Waals surface area (Å²) < 4.78 is 18.2. The van der Waals surface area contributed by atoms with Crippen molar-refractivity contribution in [3.8, 4) is 5.75 Å². The Kier molecular flexibility index (Phi) is 3.37. The Hall–Kier alpha value is -2.23. The van der Waals surface area contributed by atoms with E-state index in [9.17, 15) is 4.39 Å². The number of nitrogens with one attached hydrogen (secondary N) is 1. The number of hydrogen-bond acceptors (Lipinski definition) is 3. The minimum absolute atomic E-state index is 0.200. The Morgan fingerprint density at radius 3 is 2.61 bits per heavy atom. The molecule has 0 radical (unpaired) electrons. The summed E-state index contributed by atoms with van der Waals surface area (Å²) >= 11 is 0. The van der Waals surface area contributed by atoms with Crippen LogP contribution in [0.2, 0.25) is 0 Å². The van der Waals surface area contributed by atoms with Gasteiger partial charge in [0.2, 0.25) is 0 Å². The number of hydrogen-bond donors (Lipinski definition) is 2. The summed E-state index contributed by atoms with van der Waals surface area (Å²) in [6.45, 7) is 1.97. The van der Waals surface area contributed by atoms with Gasteiger partial charge in [-0.2, -0.15) is 0 Å². The molecule has 2 aromatic rings. The van der Waals surface area contributed by atoms with E-state index in [1.807, 2.05) is 25.1 Å². The lowest BCUT2D eigenvalue weighted by Crippen LogP contribution is -1.97. The minimum Gasteiger partial charge on any atom is -0.494 e. The van der Waals surface area contributed by atoms with Crippen molar-refractivity contribution in [2.75, 3.05) is 18.2 Å². The molecule has 0 heterocycles. The first-order valence-electron chi connectivity index (χ1n) is 5.57. The van der Waals surface area contributed by atoms with Crippen molar-refractivity contribution in [2.24, 2.45) is 0 Å². The van der Waals surface area contributed by atoms with Gasteiger partial charge in [0, 0.05) is 11.8 Å². The number of methoxy groups -OCH3 is 1. The van der Waals surface area contributed by atoms with Crippen LogP contribution in [0.4, 0.5) is 21.5 Å². The Bertz CT molecular complexity index is 570. The normalized spacial score (nSPS) is 10.2. The van der Waals surface area contributed by atoms with Gasteiger partial charge in [0.25, 0.3) is 0 Å². The Morgan fingerprint density at radius 1 is 1.17 bits per heavy atom. The van der Waals surface area contributed by atoms with Gasteiger partial charge in [-0.1, -0.05) is 6.07 Å². The molecule has 2 rings (SSSR count). The van der Waals surface area contributed by atoms with Crippen LogP contribution in [0.3, 0.4) is 0 Å². The Labute approximate surface area is 105 Å². The van der Waals surface area contributed by atoms with Gasteiger partial charge >= 0.3 is 0 Å². The highest BCUT2D eigenvalue weighted by Gasteiger charge is 2.05. The van der Waals surface area contributed by atoms with Crippen molar-refractivity contribution >= 4 is 17.1 Å². The van der Waals surface area contributed by atoms with Crippen LogP contribution in [0.15, 0.2) is 36.4 Å². The van der Waals surface area contributed by atoms with E-state index in [-0.39, 0.29) is 11.6 Å². The SMILES string of the molecule is COc1cc(Nc2ccc(C)cc2N)ccc1F. The van der Waals surface area contributed by atoms with Gasteiger partial charge in [0.1, 0.15) is 0 Å². The first-order chi connectivity index (χ1) is 8.60. The van der Waals surface area contributed by atoms with Crippen molar-refractivity contribution in [2.45, 2.75) is 6.92 Å². The maximum absolute atomic E-state index is 13.3. The lowest BCUT2D eigenvalue weighted by atomic mass is 10.2. The van der Waals surface area contributed by atoms with Gasteiger partial charge in [-0.05, 0) is 36.8 Å². The molecule has 94 valence electrons. The molecular weight excluding hydrogens is 231 g/mol. The molecule has 0 amide bonds. The first kappa shape index (κ1) is 12.2. The average molecular weight is 246 g/mol. The molecule has 0 aliphatic rings. The van der Waals surface area contributed by atoms with Crippen LogP contribution >= 0.6 is 0 Å². The zero-order chi connectivity index (χ0) is 13.1. The molecule has 0 bridgehead atoms. The fraction of sp³-hybridized carbons (Fsp3) is 0.143. The van der Waals surface area contributed by atoms with Crippen LogP contribution in [0.5, 0.6) is 5.75 Å². The Balaban J connectivity index is 2.28. The second-order valence-electron chi connectivity index (χ2n) is 4.07. The minimum atomic E-state index is -0.389. The molecule has 4 heteroatoms. The molecule has 0 saturated carbocycles. The van der Waals surface area contributed by atoms with Crippen molar-refractivity contribution in [1.29, 1.82) is 0 Å². The first-order valence-corrected chi connectivity index (χ1v) is 5.57. The molecule has 0 unspecified atom stereocenters. The molecule has 0 aromatic heterocycles. The topological polar surface area (TPSA) is 47.3 Å². The van der Waals surface area contributed by atoms with Crippen LogP contribution in [0.25, 0.3) is 0 Å². The summed E-state index contributed by atoms with van der Waals surface area (Å²) in [6, 6.07) is 10.3. The van der Waals surface area contributed by atoms with E-state index in [2.05, 4.69) is 5.32 Å². The Morgan fingerprint density at radius 2 is 1.94 bits per heavy atom. The number of ether oxygens (including phenoxy) is 1. The van der Waals surface area contributed by atoms with E-state index >= 15 is 0 Å². The zero-order valence-electron chi connectivity index (χ0n) is 10.3. The highest BCUT2D eigenvalue weighted by Crippen LogP contribution is 2.27. The van der Waals surface area contributed by atoms with E-state index in [4.69, 9.17) is 10.5 Å². The van der Waals surface area contributed by atoms with Gasteiger partial charge in [-0.3, -0.25) is 0 Å².